The maximum atomic E-state index is 12.2. The molecule has 1 fully saturated rings. The molecule has 0 aromatic heterocycles. The zero-order valence-corrected chi connectivity index (χ0v) is 13.5. The van der Waals surface area contributed by atoms with Crippen molar-refractivity contribution in [2.45, 2.75) is 64.5 Å². The van der Waals surface area contributed by atoms with Crippen LogP contribution >= 0.6 is 0 Å². The van der Waals surface area contributed by atoms with E-state index in [4.69, 9.17) is 4.74 Å². The number of carbonyl (C=O) groups excluding carboxylic acids is 1. The summed E-state index contributed by atoms with van der Waals surface area (Å²) in [6, 6.07) is 10.9. The maximum absolute atomic E-state index is 12.2. The summed E-state index contributed by atoms with van der Waals surface area (Å²) >= 11 is 0. The minimum absolute atomic E-state index is 0.148. The fourth-order valence-corrected chi connectivity index (χ4v) is 2.88. The molecule has 21 heavy (non-hydrogen) atoms. The molecular formula is C18H27NO2. The van der Waals surface area contributed by atoms with Gasteiger partial charge in [0.05, 0.1) is 0 Å². The summed E-state index contributed by atoms with van der Waals surface area (Å²) in [4.78, 5) is 14.1. The maximum Gasteiger partial charge on any atom is 0.410 e. The Kier molecular flexibility index (Phi) is 5.27. The second-order valence-corrected chi connectivity index (χ2v) is 6.85. The molecule has 1 amide bonds. The lowest BCUT2D eigenvalue weighted by molar-refractivity contribution is 0.0219. The van der Waals surface area contributed by atoms with Crippen molar-refractivity contribution in [2.75, 3.05) is 6.54 Å². The normalized spacial score (nSPS) is 18.8. The van der Waals surface area contributed by atoms with Gasteiger partial charge in [0.15, 0.2) is 0 Å². The van der Waals surface area contributed by atoms with Crippen LogP contribution in [0.5, 0.6) is 0 Å². The standard InChI is InChI=1S/C18H27NO2/c1-18(2,3)21-17(20)19-14-8-13-16(19)12-7-11-15-9-5-4-6-10-15/h4-6,9-10,16H,7-8,11-14H2,1-3H3/t16-/m1/s1. The van der Waals surface area contributed by atoms with Crippen molar-refractivity contribution in [2.24, 2.45) is 0 Å². The molecule has 1 saturated heterocycles. The van der Waals surface area contributed by atoms with Crippen LogP contribution in [0.25, 0.3) is 0 Å². The summed E-state index contributed by atoms with van der Waals surface area (Å²) in [7, 11) is 0. The number of nitrogens with zero attached hydrogens (tertiary/aromatic N) is 1. The molecule has 0 radical (unpaired) electrons. The van der Waals surface area contributed by atoms with Gasteiger partial charge in [0.25, 0.3) is 0 Å². The summed E-state index contributed by atoms with van der Waals surface area (Å²) in [5.74, 6) is 0. The highest BCUT2D eigenvalue weighted by molar-refractivity contribution is 5.68. The quantitative estimate of drug-likeness (QED) is 0.821. The zero-order valence-electron chi connectivity index (χ0n) is 13.5. The van der Waals surface area contributed by atoms with E-state index < -0.39 is 5.60 Å². The lowest BCUT2D eigenvalue weighted by atomic mass is 10.0. The van der Waals surface area contributed by atoms with Crippen molar-refractivity contribution < 1.29 is 9.53 Å². The highest BCUT2D eigenvalue weighted by Gasteiger charge is 2.31. The van der Waals surface area contributed by atoms with Gasteiger partial charge in [-0.2, -0.15) is 0 Å². The largest absolute Gasteiger partial charge is 0.444 e. The molecule has 0 saturated carbocycles. The number of ether oxygens (including phenoxy) is 1. The molecule has 1 aliphatic heterocycles. The van der Waals surface area contributed by atoms with Crippen molar-refractivity contribution in [3.63, 3.8) is 0 Å². The molecule has 3 nitrogen and oxygen atoms in total. The van der Waals surface area contributed by atoms with E-state index in [2.05, 4.69) is 24.3 Å². The highest BCUT2D eigenvalue weighted by atomic mass is 16.6. The first kappa shape index (κ1) is 15.9. The average Bonchev–Trinajstić information content (AvgIpc) is 2.86. The Morgan fingerprint density at radius 1 is 1.29 bits per heavy atom. The fraction of sp³-hybridized carbons (Fsp3) is 0.611. The lowest BCUT2D eigenvalue weighted by Gasteiger charge is -2.28. The molecule has 0 bridgehead atoms. The van der Waals surface area contributed by atoms with Crippen molar-refractivity contribution in [1.29, 1.82) is 0 Å². The summed E-state index contributed by atoms with van der Waals surface area (Å²) in [5.41, 5.74) is 0.966. The van der Waals surface area contributed by atoms with Gasteiger partial charge in [-0.1, -0.05) is 30.3 Å². The van der Waals surface area contributed by atoms with Gasteiger partial charge in [-0.15, -0.1) is 0 Å². The summed E-state index contributed by atoms with van der Waals surface area (Å²) in [6.45, 7) is 6.60. The van der Waals surface area contributed by atoms with E-state index in [-0.39, 0.29) is 6.09 Å². The van der Waals surface area contributed by atoms with Crippen LogP contribution in [0.4, 0.5) is 4.79 Å². The molecule has 1 atom stereocenters. The number of hydrogen-bond donors (Lipinski definition) is 0. The Balaban J connectivity index is 1.80. The summed E-state index contributed by atoms with van der Waals surface area (Å²) in [6.07, 6.45) is 5.31. The molecule has 1 aliphatic rings. The first-order chi connectivity index (χ1) is 9.96. The molecule has 116 valence electrons. The molecule has 1 aromatic carbocycles. The second-order valence-electron chi connectivity index (χ2n) is 6.85. The molecule has 0 aliphatic carbocycles. The monoisotopic (exact) mass is 289 g/mol. The smallest absolute Gasteiger partial charge is 0.410 e. The van der Waals surface area contributed by atoms with Gasteiger partial charge in [0.2, 0.25) is 0 Å². The Morgan fingerprint density at radius 3 is 2.67 bits per heavy atom. The van der Waals surface area contributed by atoms with Crippen LogP contribution in [-0.4, -0.2) is 29.2 Å². The molecule has 0 spiro atoms. The van der Waals surface area contributed by atoms with Crippen LogP contribution < -0.4 is 0 Å². The third-order valence-corrected chi connectivity index (χ3v) is 3.85. The van der Waals surface area contributed by atoms with Crippen LogP contribution in [-0.2, 0) is 11.2 Å². The van der Waals surface area contributed by atoms with E-state index in [9.17, 15) is 4.79 Å². The van der Waals surface area contributed by atoms with Crippen LogP contribution in [0, 0.1) is 0 Å². The van der Waals surface area contributed by atoms with E-state index in [1.54, 1.807) is 0 Å². The number of amides is 1. The minimum Gasteiger partial charge on any atom is -0.444 e. The van der Waals surface area contributed by atoms with E-state index in [1.807, 2.05) is 31.7 Å². The van der Waals surface area contributed by atoms with Crippen molar-refractivity contribution in [1.82, 2.24) is 4.90 Å². The molecule has 3 heteroatoms. The predicted octanol–water partition coefficient (Wildman–Crippen LogP) is 4.41. The van der Waals surface area contributed by atoms with Gasteiger partial charge in [-0.3, -0.25) is 0 Å². The van der Waals surface area contributed by atoms with Gasteiger partial charge in [-0.05, 0) is 58.4 Å². The van der Waals surface area contributed by atoms with Gasteiger partial charge in [0.1, 0.15) is 5.60 Å². The molecule has 1 aromatic rings. The first-order valence-electron chi connectivity index (χ1n) is 7.99. The fourth-order valence-electron chi connectivity index (χ4n) is 2.88. The molecule has 0 unspecified atom stereocenters. The van der Waals surface area contributed by atoms with Crippen LogP contribution in [0.15, 0.2) is 30.3 Å². The molecular weight excluding hydrogens is 262 g/mol. The molecule has 0 N–H and O–H groups in total. The third kappa shape index (κ3) is 5.07. The van der Waals surface area contributed by atoms with Crippen LogP contribution in [0.2, 0.25) is 0 Å². The van der Waals surface area contributed by atoms with E-state index in [1.165, 1.54) is 5.56 Å². The molecule has 1 heterocycles. The van der Waals surface area contributed by atoms with Gasteiger partial charge in [0, 0.05) is 12.6 Å². The number of hydrogen-bond acceptors (Lipinski definition) is 2. The van der Waals surface area contributed by atoms with E-state index in [0.717, 1.165) is 38.6 Å². The number of likely N-dealkylation sites (tertiary alicyclic amines) is 1. The Bertz CT molecular complexity index is 450. The van der Waals surface area contributed by atoms with E-state index in [0.29, 0.717) is 6.04 Å². The molecule has 2 rings (SSSR count). The number of rotatable bonds is 4. The van der Waals surface area contributed by atoms with Crippen molar-refractivity contribution in [3.05, 3.63) is 35.9 Å². The number of benzene rings is 1. The van der Waals surface area contributed by atoms with Crippen LogP contribution in [0.1, 0.15) is 52.0 Å². The minimum atomic E-state index is -0.408. The summed E-state index contributed by atoms with van der Waals surface area (Å²) < 4.78 is 5.50. The van der Waals surface area contributed by atoms with Gasteiger partial charge >= 0.3 is 6.09 Å². The number of aryl methyl sites for hydroxylation is 1. The third-order valence-electron chi connectivity index (χ3n) is 3.85. The summed E-state index contributed by atoms with van der Waals surface area (Å²) in [5, 5.41) is 0. The Labute approximate surface area is 128 Å². The SMILES string of the molecule is CC(C)(C)OC(=O)N1CCC[C@H]1CCCc1ccccc1. The highest BCUT2D eigenvalue weighted by Crippen LogP contribution is 2.24. The van der Waals surface area contributed by atoms with Crippen molar-refractivity contribution in [3.8, 4) is 0 Å². The zero-order chi connectivity index (χ0) is 15.3. The number of carbonyl (C=O) groups is 1. The topological polar surface area (TPSA) is 29.5 Å². The average molecular weight is 289 g/mol. The predicted molar refractivity (Wildman–Crippen MR) is 85.3 cm³/mol. The van der Waals surface area contributed by atoms with Gasteiger partial charge < -0.3 is 9.64 Å². The lowest BCUT2D eigenvalue weighted by Crippen LogP contribution is -2.39. The van der Waals surface area contributed by atoms with Crippen molar-refractivity contribution >= 4 is 6.09 Å². The van der Waals surface area contributed by atoms with E-state index >= 15 is 0 Å². The van der Waals surface area contributed by atoms with Gasteiger partial charge in [-0.25, -0.2) is 4.79 Å². The second kappa shape index (κ2) is 6.97. The Hall–Kier alpha value is -1.51. The first-order valence-corrected chi connectivity index (χ1v) is 7.99. The van der Waals surface area contributed by atoms with Crippen LogP contribution in [0.3, 0.4) is 0 Å². The Morgan fingerprint density at radius 2 is 2.00 bits per heavy atom.